The molecule has 1 aliphatic carbocycles. The van der Waals surface area contributed by atoms with E-state index in [0.29, 0.717) is 37.1 Å². The number of methoxy groups -OCH3 is 2. The second-order valence-electron chi connectivity index (χ2n) is 20.6. The molecule has 7 aromatic carbocycles. The molecule has 3 aliphatic rings. The van der Waals surface area contributed by atoms with Crippen LogP contribution in [0.4, 0.5) is 11.4 Å². The van der Waals surface area contributed by atoms with E-state index >= 15 is 0 Å². The molecular weight excluding hydrogens is 905 g/mol. The number of hydrogen-bond acceptors (Lipinski definition) is 8. The van der Waals surface area contributed by atoms with Crippen molar-refractivity contribution in [1.82, 2.24) is 0 Å². The average molecular weight is 971 g/mol. The van der Waals surface area contributed by atoms with Gasteiger partial charge >= 0.3 is 0 Å². The van der Waals surface area contributed by atoms with Gasteiger partial charge in [0, 0.05) is 47.1 Å². The van der Waals surface area contributed by atoms with Crippen LogP contribution in [0.2, 0.25) is 0 Å². The molecule has 0 saturated carbocycles. The fourth-order valence-corrected chi connectivity index (χ4v) is 11.6. The highest BCUT2D eigenvalue weighted by Crippen LogP contribution is 2.53. The molecule has 7 aromatic rings. The van der Waals surface area contributed by atoms with Gasteiger partial charge in [-0.3, -0.25) is 9.79 Å². The number of ketones is 1. The van der Waals surface area contributed by atoms with Gasteiger partial charge in [-0.05, 0) is 113 Å². The lowest BCUT2D eigenvalue weighted by atomic mass is 9.72. The zero-order valence-corrected chi connectivity index (χ0v) is 43.0. The van der Waals surface area contributed by atoms with Crippen molar-refractivity contribution in [2.45, 2.75) is 89.1 Å². The summed E-state index contributed by atoms with van der Waals surface area (Å²) in [5.41, 5.74) is 8.79. The number of Topliss-reactive ketones (excluding diaryl/α,β-unsaturated/α-hetero) is 1. The Morgan fingerprint density at radius 2 is 1.21 bits per heavy atom. The molecule has 10 rings (SSSR count). The van der Waals surface area contributed by atoms with E-state index in [0.717, 1.165) is 116 Å². The van der Waals surface area contributed by atoms with Gasteiger partial charge in [-0.25, -0.2) is 0 Å². The maximum atomic E-state index is 14.9. The maximum absolute atomic E-state index is 14.9. The van der Waals surface area contributed by atoms with Crippen LogP contribution >= 0.6 is 0 Å². The standard InChI is InChI=1S/C65H66N2O6/c1-63(2)55-38-28-44-21-14-16-25-51(44)59(55)67(39-17-9-19-41-73-65(45-22-10-7-11-23-45,46-29-33-48(71-5)34-30-46)47-31-35-49(72-6)36-32-47)56(63)42-53-60(69)57(61(53)70)52(26-12-8-18-40-68)62-64(3,4)54-37-27-43-20-13-15-24-50(43)58(54)66-62/h7,10-11,13-16,20-25,27-38,42,68-69H,8-9,12,17-19,26,39-41H2,1-6H3. The van der Waals surface area contributed by atoms with Crippen molar-refractivity contribution in [1.29, 1.82) is 0 Å². The van der Waals surface area contributed by atoms with E-state index in [1.54, 1.807) is 14.2 Å². The summed E-state index contributed by atoms with van der Waals surface area (Å²) in [5, 5.41) is 26.4. The predicted molar refractivity (Wildman–Crippen MR) is 296 cm³/mol. The summed E-state index contributed by atoms with van der Waals surface area (Å²) in [6, 6.07) is 52.2. The van der Waals surface area contributed by atoms with Crippen molar-refractivity contribution in [2.75, 3.05) is 38.9 Å². The zero-order valence-electron chi connectivity index (χ0n) is 43.0. The number of rotatable bonds is 19. The number of hydrogen-bond donors (Lipinski definition) is 2. The molecular formula is C65H66N2O6. The topological polar surface area (TPSA) is 101 Å². The smallest absolute Gasteiger partial charge is 0.200 e. The van der Waals surface area contributed by atoms with E-state index in [-0.39, 0.29) is 18.1 Å². The van der Waals surface area contributed by atoms with Gasteiger partial charge in [0.1, 0.15) is 22.9 Å². The molecule has 2 heterocycles. The summed E-state index contributed by atoms with van der Waals surface area (Å²) in [6.45, 7) is 10.1. The summed E-state index contributed by atoms with van der Waals surface area (Å²) >= 11 is 0. The highest BCUT2D eigenvalue weighted by molar-refractivity contribution is 6.27. The number of allylic oxidation sites excluding steroid dienone is 5. The first kappa shape index (κ1) is 49.3. The Kier molecular flexibility index (Phi) is 13.7. The number of aliphatic hydroxyl groups excluding tert-OH is 2. The lowest BCUT2D eigenvalue weighted by Crippen LogP contribution is -2.33. The van der Waals surface area contributed by atoms with Crippen LogP contribution in [0.15, 0.2) is 191 Å². The van der Waals surface area contributed by atoms with Crippen LogP contribution in [0.3, 0.4) is 0 Å². The third-order valence-electron chi connectivity index (χ3n) is 15.6. The van der Waals surface area contributed by atoms with Crippen molar-refractivity contribution < 1.29 is 29.2 Å². The van der Waals surface area contributed by atoms with Gasteiger partial charge in [-0.2, -0.15) is 0 Å². The number of anilines is 1. The number of unbranched alkanes of at least 4 members (excludes halogenated alkanes) is 4. The Morgan fingerprint density at radius 1 is 0.630 bits per heavy atom. The molecule has 0 radical (unpaired) electrons. The molecule has 0 spiro atoms. The van der Waals surface area contributed by atoms with Crippen molar-refractivity contribution in [3.63, 3.8) is 0 Å². The number of benzene rings is 7. The SMILES string of the molecule is COc1ccc(C(OCCCCCN2C(=CC3=C(O)C(=C(CCCCCO)C4=Nc5c(ccc6ccccc56)C4(C)C)C3=O)C(C)(C)c3ccc4ccccc4c32)(c2ccccc2)c2ccc(OC)cc2)cc1. The van der Waals surface area contributed by atoms with Gasteiger partial charge in [0.15, 0.2) is 0 Å². The van der Waals surface area contributed by atoms with Crippen LogP contribution in [-0.2, 0) is 26.0 Å². The third-order valence-corrected chi connectivity index (χ3v) is 15.6. The molecule has 0 bridgehead atoms. The van der Waals surface area contributed by atoms with Crippen LogP contribution in [0.25, 0.3) is 21.5 Å². The van der Waals surface area contributed by atoms with Gasteiger partial charge in [0.2, 0.25) is 5.78 Å². The molecule has 0 atom stereocenters. The second kappa shape index (κ2) is 20.3. The normalized spacial score (nSPS) is 17.0. The van der Waals surface area contributed by atoms with Gasteiger partial charge in [0.25, 0.3) is 0 Å². The van der Waals surface area contributed by atoms with Crippen molar-refractivity contribution in [3.05, 3.63) is 214 Å². The summed E-state index contributed by atoms with van der Waals surface area (Å²) in [6.07, 6.45) is 7.30. The zero-order chi connectivity index (χ0) is 50.9. The van der Waals surface area contributed by atoms with E-state index in [2.05, 4.69) is 142 Å². The minimum absolute atomic E-state index is 0.0262. The molecule has 0 unspecified atom stereocenters. The molecule has 0 fully saturated rings. The van der Waals surface area contributed by atoms with E-state index in [4.69, 9.17) is 19.2 Å². The number of aliphatic hydroxyl groups is 2. The van der Waals surface area contributed by atoms with Gasteiger partial charge in [-0.1, -0.05) is 162 Å². The van der Waals surface area contributed by atoms with Crippen LogP contribution in [0.1, 0.15) is 100 Å². The lowest BCUT2D eigenvalue weighted by molar-refractivity contribution is -0.113. The van der Waals surface area contributed by atoms with E-state index < -0.39 is 16.4 Å². The largest absolute Gasteiger partial charge is 0.506 e. The van der Waals surface area contributed by atoms with Crippen LogP contribution in [-0.4, -0.2) is 55.7 Å². The molecule has 0 aromatic heterocycles. The summed E-state index contributed by atoms with van der Waals surface area (Å²) < 4.78 is 18.4. The summed E-state index contributed by atoms with van der Waals surface area (Å²) in [7, 11) is 3.36. The van der Waals surface area contributed by atoms with Gasteiger partial charge in [0.05, 0.1) is 42.5 Å². The molecule has 73 heavy (non-hydrogen) atoms. The Hall–Kier alpha value is -7.26. The monoisotopic (exact) mass is 970 g/mol. The van der Waals surface area contributed by atoms with E-state index in [1.807, 2.05) is 48.5 Å². The maximum Gasteiger partial charge on any atom is 0.200 e. The van der Waals surface area contributed by atoms with Crippen LogP contribution < -0.4 is 14.4 Å². The molecule has 2 aliphatic heterocycles. The summed E-state index contributed by atoms with van der Waals surface area (Å²) in [5.74, 6) is 1.41. The fourth-order valence-electron chi connectivity index (χ4n) is 11.6. The highest BCUT2D eigenvalue weighted by Gasteiger charge is 2.46. The third kappa shape index (κ3) is 8.74. The van der Waals surface area contributed by atoms with E-state index in [1.165, 1.54) is 5.56 Å². The molecule has 2 N–H and O–H groups in total. The minimum atomic E-state index is -0.900. The number of ether oxygens (including phenoxy) is 3. The Bertz CT molecular complexity index is 3280. The second-order valence-corrected chi connectivity index (χ2v) is 20.6. The number of carbonyl (C=O) groups excluding carboxylic acids is 1. The van der Waals surface area contributed by atoms with Gasteiger partial charge < -0.3 is 29.3 Å². The van der Waals surface area contributed by atoms with Crippen molar-refractivity contribution in [2.24, 2.45) is 4.99 Å². The summed E-state index contributed by atoms with van der Waals surface area (Å²) in [4.78, 5) is 22.6. The van der Waals surface area contributed by atoms with Crippen LogP contribution in [0.5, 0.6) is 11.5 Å². The fraction of sp³-hybridized carbons (Fsp3) is 0.292. The Labute approximate surface area is 430 Å². The van der Waals surface area contributed by atoms with Crippen LogP contribution in [0, 0.1) is 0 Å². The Morgan fingerprint density at radius 3 is 1.84 bits per heavy atom. The number of nitrogens with zero attached hydrogens (tertiary/aromatic N) is 2. The van der Waals surface area contributed by atoms with Gasteiger partial charge in [-0.15, -0.1) is 0 Å². The molecule has 0 saturated heterocycles. The first-order valence-corrected chi connectivity index (χ1v) is 25.9. The van der Waals surface area contributed by atoms with E-state index in [9.17, 15) is 15.0 Å². The first-order chi connectivity index (χ1) is 35.4. The lowest BCUT2D eigenvalue weighted by Gasteiger charge is -2.36. The van der Waals surface area contributed by atoms with Crippen molar-refractivity contribution in [3.8, 4) is 11.5 Å². The predicted octanol–water partition coefficient (Wildman–Crippen LogP) is 14.5. The minimum Gasteiger partial charge on any atom is -0.506 e. The molecule has 372 valence electrons. The average Bonchev–Trinajstić information content (AvgIpc) is 3.83. The quantitative estimate of drug-likeness (QED) is 0.0473. The number of fused-ring (bicyclic) bond motifs is 6. The highest BCUT2D eigenvalue weighted by atomic mass is 16.5. The molecule has 8 nitrogen and oxygen atoms in total. The Balaban J connectivity index is 0.970. The molecule has 0 amide bonds. The first-order valence-electron chi connectivity index (χ1n) is 25.9. The number of aliphatic imine (C=N–C) groups is 1. The van der Waals surface area contributed by atoms with Crippen molar-refractivity contribution >= 4 is 44.4 Å². The number of carbonyl (C=O) groups is 1. The molecule has 8 heteroatoms.